The summed E-state index contributed by atoms with van der Waals surface area (Å²) in [4.78, 5) is 36.1. The molecule has 1 heterocycles. The van der Waals surface area contributed by atoms with E-state index in [9.17, 15) is 19.5 Å². The fourth-order valence-electron chi connectivity index (χ4n) is 2.69. The molecular formula is C19H20N2O5. The van der Waals surface area contributed by atoms with Crippen molar-refractivity contribution in [2.45, 2.75) is 25.3 Å². The Bertz CT molecular complexity index is 782. The summed E-state index contributed by atoms with van der Waals surface area (Å²) in [6.45, 7) is 0.0586. The molecule has 0 saturated heterocycles. The summed E-state index contributed by atoms with van der Waals surface area (Å²) < 4.78 is 5.06. The molecule has 2 aromatic rings. The zero-order valence-electron chi connectivity index (χ0n) is 14.1. The van der Waals surface area contributed by atoms with Crippen molar-refractivity contribution in [3.8, 4) is 0 Å². The molecule has 136 valence electrons. The van der Waals surface area contributed by atoms with Gasteiger partial charge >= 0.3 is 5.97 Å². The molecule has 1 unspecified atom stereocenters. The van der Waals surface area contributed by atoms with E-state index in [1.807, 2.05) is 30.3 Å². The minimum absolute atomic E-state index is 0.0586. The van der Waals surface area contributed by atoms with Crippen molar-refractivity contribution in [3.05, 3.63) is 60.1 Å². The van der Waals surface area contributed by atoms with E-state index in [0.717, 1.165) is 5.56 Å². The lowest BCUT2D eigenvalue weighted by Gasteiger charge is -2.19. The van der Waals surface area contributed by atoms with Gasteiger partial charge in [-0.25, -0.2) is 0 Å². The van der Waals surface area contributed by atoms with Gasteiger partial charge in [0.2, 0.25) is 5.91 Å². The summed E-state index contributed by atoms with van der Waals surface area (Å²) in [5.41, 5.74) is 0.0181. The van der Waals surface area contributed by atoms with Crippen molar-refractivity contribution in [2.75, 3.05) is 6.54 Å². The topological polar surface area (TPSA) is 109 Å². The Morgan fingerprint density at radius 2 is 1.85 bits per heavy atom. The highest BCUT2D eigenvalue weighted by atomic mass is 16.4. The Morgan fingerprint density at radius 1 is 1.12 bits per heavy atom. The second kappa shape index (κ2) is 7.43. The minimum Gasteiger partial charge on any atom is -0.481 e. The van der Waals surface area contributed by atoms with Crippen LogP contribution in [0.1, 0.15) is 29.0 Å². The smallest absolute Gasteiger partial charge is 0.311 e. The van der Waals surface area contributed by atoms with Gasteiger partial charge < -0.3 is 20.2 Å². The number of carboxylic acids is 1. The molecule has 26 heavy (non-hydrogen) atoms. The molecule has 1 aliphatic carbocycles. The number of rotatable bonds is 8. The van der Waals surface area contributed by atoms with Crippen LogP contribution in [-0.4, -0.2) is 35.5 Å². The van der Waals surface area contributed by atoms with Crippen LogP contribution in [0.5, 0.6) is 0 Å². The van der Waals surface area contributed by atoms with Gasteiger partial charge in [0.15, 0.2) is 5.76 Å². The highest BCUT2D eigenvalue weighted by molar-refractivity contribution is 5.95. The molecule has 1 aromatic carbocycles. The summed E-state index contributed by atoms with van der Waals surface area (Å²) >= 11 is 0. The van der Waals surface area contributed by atoms with Crippen LogP contribution in [0, 0.1) is 5.41 Å². The zero-order valence-corrected chi connectivity index (χ0v) is 14.1. The van der Waals surface area contributed by atoms with Crippen LogP contribution >= 0.6 is 0 Å². The molecule has 1 atom stereocenters. The number of nitrogens with one attached hydrogen (secondary N) is 2. The maximum Gasteiger partial charge on any atom is 0.311 e. The molecule has 7 nitrogen and oxygen atoms in total. The molecular weight excluding hydrogens is 336 g/mol. The highest BCUT2D eigenvalue weighted by Gasteiger charge is 2.50. The highest BCUT2D eigenvalue weighted by Crippen LogP contribution is 2.45. The fourth-order valence-corrected chi connectivity index (χ4v) is 2.69. The Labute approximate surface area is 150 Å². The molecule has 1 aromatic heterocycles. The number of aliphatic carboxylic acids is 1. The van der Waals surface area contributed by atoms with E-state index < -0.39 is 29.2 Å². The van der Waals surface area contributed by atoms with Gasteiger partial charge in [-0.05, 0) is 30.5 Å². The molecule has 0 radical (unpaired) electrons. The van der Waals surface area contributed by atoms with Gasteiger partial charge in [-0.1, -0.05) is 30.3 Å². The van der Waals surface area contributed by atoms with E-state index in [1.165, 1.54) is 12.3 Å². The molecule has 0 aliphatic heterocycles. The van der Waals surface area contributed by atoms with Gasteiger partial charge in [-0.2, -0.15) is 0 Å². The molecule has 1 aliphatic rings. The number of hydrogen-bond donors (Lipinski definition) is 3. The monoisotopic (exact) mass is 356 g/mol. The number of furan rings is 1. The lowest BCUT2D eigenvalue weighted by atomic mass is 10.0. The molecule has 0 spiro atoms. The van der Waals surface area contributed by atoms with Crippen LogP contribution in [0.3, 0.4) is 0 Å². The largest absolute Gasteiger partial charge is 0.481 e. The average molecular weight is 356 g/mol. The van der Waals surface area contributed by atoms with Gasteiger partial charge in [-0.15, -0.1) is 0 Å². The van der Waals surface area contributed by atoms with E-state index in [0.29, 0.717) is 19.3 Å². The van der Waals surface area contributed by atoms with E-state index in [1.54, 1.807) is 6.07 Å². The minimum atomic E-state index is -0.906. The van der Waals surface area contributed by atoms with E-state index >= 15 is 0 Å². The summed E-state index contributed by atoms with van der Waals surface area (Å²) in [7, 11) is 0. The Balaban J connectivity index is 1.68. The fraction of sp³-hybridized carbons (Fsp3) is 0.316. The predicted molar refractivity (Wildman–Crippen MR) is 92.4 cm³/mol. The molecule has 3 N–H and O–H groups in total. The third kappa shape index (κ3) is 4.11. The van der Waals surface area contributed by atoms with Crippen LogP contribution in [0.2, 0.25) is 0 Å². The van der Waals surface area contributed by atoms with Crippen LogP contribution in [0.4, 0.5) is 0 Å². The van der Waals surface area contributed by atoms with Crippen molar-refractivity contribution < 1.29 is 23.9 Å². The van der Waals surface area contributed by atoms with Crippen molar-refractivity contribution in [1.82, 2.24) is 10.6 Å². The van der Waals surface area contributed by atoms with Crippen LogP contribution < -0.4 is 10.6 Å². The van der Waals surface area contributed by atoms with Gasteiger partial charge in [0.05, 0.1) is 11.7 Å². The van der Waals surface area contributed by atoms with E-state index in [2.05, 4.69) is 10.6 Å². The summed E-state index contributed by atoms with van der Waals surface area (Å²) in [5.74, 6) is -1.70. The molecule has 7 heteroatoms. The molecule has 2 amide bonds. The summed E-state index contributed by atoms with van der Waals surface area (Å²) in [5, 5.41) is 14.6. The maximum absolute atomic E-state index is 12.6. The van der Waals surface area contributed by atoms with Gasteiger partial charge in [0.1, 0.15) is 6.04 Å². The van der Waals surface area contributed by atoms with Crippen LogP contribution in [0.25, 0.3) is 0 Å². The Morgan fingerprint density at radius 3 is 2.42 bits per heavy atom. The SMILES string of the molecule is O=C(NC(Cc1ccccc1)C(=O)NCC1(C(=O)O)CC1)c1ccco1. The first-order valence-corrected chi connectivity index (χ1v) is 8.40. The zero-order chi connectivity index (χ0) is 18.6. The quantitative estimate of drug-likeness (QED) is 0.666. The molecule has 1 fully saturated rings. The number of amides is 2. The summed E-state index contributed by atoms with van der Waals surface area (Å²) in [6, 6.07) is 11.5. The normalized spacial score (nSPS) is 15.7. The first-order valence-electron chi connectivity index (χ1n) is 8.40. The van der Waals surface area contributed by atoms with Crippen molar-refractivity contribution >= 4 is 17.8 Å². The number of hydrogen-bond acceptors (Lipinski definition) is 4. The first kappa shape index (κ1) is 17.7. The number of carboxylic acid groups (broad SMARTS) is 1. The van der Waals surface area contributed by atoms with E-state index in [-0.39, 0.29) is 12.3 Å². The van der Waals surface area contributed by atoms with Gasteiger partial charge in [0.25, 0.3) is 5.91 Å². The van der Waals surface area contributed by atoms with Gasteiger partial charge in [-0.3, -0.25) is 14.4 Å². The average Bonchev–Trinajstić information content (AvgIpc) is 3.24. The predicted octanol–water partition coefficient (Wildman–Crippen LogP) is 1.60. The van der Waals surface area contributed by atoms with Crippen molar-refractivity contribution in [1.29, 1.82) is 0 Å². The second-order valence-electron chi connectivity index (χ2n) is 6.50. The van der Waals surface area contributed by atoms with E-state index in [4.69, 9.17) is 4.42 Å². The lowest BCUT2D eigenvalue weighted by molar-refractivity contribution is -0.143. The summed E-state index contributed by atoms with van der Waals surface area (Å²) in [6.07, 6.45) is 2.76. The Hall–Kier alpha value is -3.09. The Kier molecular flexibility index (Phi) is 5.06. The molecule has 1 saturated carbocycles. The number of carbonyl (C=O) groups excluding carboxylic acids is 2. The standard InChI is InChI=1S/C19H20N2O5/c22-16(20-12-19(8-9-19)18(24)25)14(11-13-5-2-1-3-6-13)21-17(23)15-7-4-10-26-15/h1-7,10,14H,8-9,11-12H2,(H,20,22)(H,21,23)(H,24,25). The van der Waals surface area contributed by atoms with Crippen LogP contribution in [0.15, 0.2) is 53.1 Å². The third-order valence-electron chi connectivity index (χ3n) is 4.56. The third-order valence-corrected chi connectivity index (χ3v) is 4.56. The van der Waals surface area contributed by atoms with Crippen molar-refractivity contribution in [3.63, 3.8) is 0 Å². The maximum atomic E-state index is 12.6. The first-order chi connectivity index (χ1) is 12.5. The van der Waals surface area contributed by atoms with Crippen molar-refractivity contribution in [2.24, 2.45) is 5.41 Å². The molecule has 0 bridgehead atoms. The molecule has 3 rings (SSSR count). The van der Waals surface area contributed by atoms with Gasteiger partial charge in [0, 0.05) is 13.0 Å². The number of carbonyl (C=O) groups is 3. The number of benzene rings is 1. The second-order valence-corrected chi connectivity index (χ2v) is 6.50. The lowest BCUT2D eigenvalue weighted by Crippen LogP contribution is -2.49. The van der Waals surface area contributed by atoms with Crippen LogP contribution in [-0.2, 0) is 16.0 Å².